The molecule has 2 N–H and O–H groups in total. The van der Waals surface area contributed by atoms with Crippen LogP contribution in [0.4, 0.5) is 26.0 Å². The Morgan fingerprint density at radius 2 is 1.52 bits per heavy atom. The lowest BCUT2D eigenvalue weighted by atomic mass is 10.1. The van der Waals surface area contributed by atoms with Gasteiger partial charge in [-0.2, -0.15) is 0 Å². The highest BCUT2D eigenvalue weighted by Crippen LogP contribution is 2.29. The zero-order valence-corrected chi connectivity index (χ0v) is 23.9. The van der Waals surface area contributed by atoms with Gasteiger partial charge in [-0.3, -0.25) is 4.72 Å². The summed E-state index contributed by atoms with van der Waals surface area (Å²) >= 11 is 0. The highest BCUT2D eigenvalue weighted by Gasteiger charge is 2.23. The van der Waals surface area contributed by atoms with Crippen molar-refractivity contribution in [1.29, 1.82) is 0 Å². The zero-order chi connectivity index (χ0) is 26.2. The van der Waals surface area contributed by atoms with Crippen molar-refractivity contribution >= 4 is 81.3 Å². The molecule has 0 atom stereocenters. The maximum atomic E-state index is 14.2. The highest BCUT2D eigenvalue weighted by molar-refractivity contribution is 7.92. The Morgan fingerprint density at radius 1 is 0.850 bits per heavy atom. The van der Waals surface area contributed by atoms with Crippen LogP contribution in [0.1, 0.15) is 10.4 Å². The van der Waals surface area contributed by atoms with Crippen LogP contribution in [-0.2, 0) is 10.0 Å². The summed E-state index contributed by atoms with van der Waals surface area (Å²) in [6, 6.07) is 17.0. The van der Waals surface area contributed by atoms with E-state index in [1.165, 1.54) is 42.5 Å². The second-order valence-corrected chi connectivity index (χ2v) is 10.2. The standard InChI is InChI=1S/C26H22F2N4O4S.3ClH/c27-17-4-3-5-19(14-17)37(35,36)30-18-8-9-23-20(15-18)21(26(33)34)16-25(29-23)32-12-10-31(11-13-32)24-7-2-1-6-22(24)28;;;/h1-9,14-16,30H,10-13H2,(H,33,34);3*1H. The molecule has 1 aliphatic rings. The summed E-state index contributed by atoms with van der Waals surface area (Å²) in [5, 5.41) is 10.1. The lowest BCUT2D eigenvalue weighted by Gasteiger charge is -2.37. The molecule has 0 aliphatic carbocycles. The van der Waals surface area contributed by atoms with Gasteiger partial charge in [-0.15, -0.1) is 37.2 Å². The number of para-hydroxylation sites is 1. The number of hydrogen-bond donors (Lipinski definition) is 2. The van der Waals surface area contributed by atoms with Crippen LogP contribution in [0.15, 0.2) is 77.7 Å². The van der Waals surface area contributed by atoms with Crippen LogP contribution in [0.3, 0.4) is 0 Å². The summed E-state index contributed by atoms with van der Waals surface area (Å²) in [5.74, 6) is -1.72. The fourth-order valence-corrected chi connectivity index (χ4v) is 5.43. The van der Waals surface area contributed by atoms with Crippen LogP contribution in [0.25, 0.3) is 10.9 Å². The van der Waals surface area contributed by atoms with Crippen molar-refractivity contribution in [2.24, 2.45) is 0 Å². The topological polar surface area (TPSA) is 103 Å². The van der Waals surface area contributed by atoms with Crippen LogP contribution in [0.2, 0.25) is 0 Å². The third-order valence-electron chi connectivity index (χ3n) is 6.18. The van der Waals surface area contributed by atoms with E-state index in [0.29, 0.717) is 43.2 Å². The van der Waals surface area contributed by atoms with Crippen LogP contribution >= 0.6 is 37.2 Å². The largest absolute Gasteiger partial charge is 0.478 e. The molecule has 8 nitrogen and oxygen atoms in total. The van der Waals surface area contributed by atoms with Gasteiger partial charge in [0.15, 0.2) is 0 Å². The molecule has 3 aromatic carbocycles. The molecular weight excluding hydrogens is 609 g/mol. The van der Waals surface area contributed by atoms with Gasteiger partial charge >= 0.3 is 5.97 Å². The van der Waals surface area contributed by atoms with Crippen molar-refractivity contribution in [1.82, 2.24) is 4.98 Å². The van der Waals surface area contributed by atoms with Gasteiger partial charge in [0.2, 0.25) is 0 Å². The van der Waals surface area contributed by atoms with Crippen molar-refractivity contribution in [3.63, 3.8) is 0 Å². The van der Waals surface area contributed by atoms with Crippen molar-refractivity contribution in [2.75, 3.05) is 40.7 Å². The van der Waals surface area contributed by atoms with Crippen molar-refractivity contribution in [3.05, 3.63) is 90.0 Å². The number of aromatic carboxylic acids is 1. The van der Waals surface area contributed by atoms with E-state index in [1.54, 1.807) is 18.2 Å². The van der Waals surface area contributed by atoms with Gasteiger partial charge in [-0.25, -0.2) is 27.0 Å². The average Bonchev–Trinajstić information content (AvgIpc) is 2.88. The number of anilines is 3. The van der Waals surface area contributed by atoms with E-state index >= 15 is 0 Å². The number of rotatable bonds is 6. The molecule has 0 saturated carbocycles. The van der Waals surface area contributed by atoms with E-state index in [1.807, 2.05) is 9.80 Å². The number of fused-ring (bicyclic) bond motifs is 1. The Kier molecular flexibility index (Phi) is 10.9. The average molecular weight is 634 g/mol. The predicted molar refractivity (Wildman–Crippen MR) is 158 cm³/mol. The van der Waals surface area contributed by atoms with Gasteiger partial charge in [0.25, 0.3) is 10.0 Å². The number of carbonyl (C=O) groups is 1. The first-order chi connectivity index (χ1) is 17.7. The van der Waals surface area contributed by atoms with Gasteiger partial charge in [0.05, 0.1) is 21.7 Å². The molecule has 214 valence electrons. The Labute approximate surface area is 248 Å². The summed E-state index contributed by atoms with van der Waals surface area (Å²) in [6.07, 6.45) is 0. The molecule has 40 heavy (non-hydrogen) atoms. The molecule has 0 radical (unpaired) electrons. The normalized spacial score (nSPS) is 13.1. The number of nitrogens with one attached hydrogen (secondary N) is 1. The van der Waals surface area contributed by atoms with Crippen LogP contribution in [-0.4, -0.2) is 50.7 Å². The number of benzene rings is 3. The number of halogens is 5. The van der Waals surface area contributed by atoms with Gasteiger partial charge < -0.3 is 14.9 Å². The minimum atomic E-state index is -4.09. The molecular formula is C26H25Cl3F2N4O4S. The number of pyridine rings is 1. The smallest absolute Gasteiger partial charge is 0.336 e. The third kappa shape index (κ3) is 6.84. The number of sulfonamides is 1. The highest BCUT2D eigenvalue weighted by atomic mass is 35.5. The Hall–Kier alpha value is -3.38. The molecule has 2 heterocycles. The first kappa shape index (κ1) is 32.8. The van der Waals surface area contributed by atoms with Crippen LogP contribution in [0.5, 0.6) is 0 Å². The van der Waals surface area contributed by atoms with Crippen LogP contribution in [0, 0.1) is 11.6 Å². The van der Waals surface area contributed by atoms with Crippen LogP contribution < -0.4 is 14.5 Å². The Balaban J connectivity index is 0.00000187. The molecule has 1 saturated heterocycles. The lowest BCUT2D eigenvalue weighted by molar-refractivity contribution is 0.0699. The number of hydrogen-bond acceptors (Lipinski definition) is 6. The van der Waals surface area contributed by atoms with Crippen molar-refractivity contribution < 1.29 is 27.1 Å². The molecule has 4 aromatic rings. The number of carboxylic acid groups (broad SMARTS) is 1. The quantitative estimate of drug-likeness (QED) is 0.285. The Morgan fingerprint density at radius 3 is 2.17 bits per heavy atom. The molecule has 0 bridgehead atoms. The third-order valence-corrected chi connectivity index (χ3v) is 7.56. The summed E-state index contributed by atoms with van der Waals surface area (Å²) in [4.78, 5) is 20.3. The second-order valence-electron chi connectivity index (χ2n) is 8.55. The number of carboxylic acids is 1. The van der Waals surface area contributed by atoms with E-state index in [2.05, 4.69) is 9.71 Å². The van der Waals surface area contributed by atoms with Gasteiger partial charge in [-0.1, -0.05) is 18.2 Å². The molecule has 14 heteroatoms. The first-order valence-electron chi connectivity index (χ1n) is 11.4. The van der Waals surface area contributed by atoms with E-state index in [4.69, 9.17) is 0 Å². The molecule has 1 fully saturated rings. The molecule has 0 spiro atoms. The summed E-state index contributed by atoms with van der Waals surface area (Å²) < 4.78 is 55.4. The van der Waals surface area contributed by atoms with E-state index < -0.39 is 21.8 Å². The summed E-state index contributed by atoms with van der Waals surface area (Å²) in [5.41, 5.74) is 0.976. The SMILES string of the molecule is Cl.Cl.Cl.O=C(O)c1cc(N2CCN(c3ccccc3F)CC2)nc2ccc(NS(=O)(=O)c3cccc(F)c3)cc12. The Bertz CT molecular complexity index is 1620. The maximum absolute atomic E-state index is 14.2. The van der Waals surface area contributed by atoms with Crippen molar-refractivity contribution in [3.8, 4) is 0 Å². The van der Waals surface area contributed by atoms with Gasteiger partial charge in [0, 0.05) is 37.3 Å². The molecule has 0 unspecified atom stereocenters. The fourth-order valence-electron chi connectivity index (χ4n) is 4.35. The summed E-state index contributed by atoms with van der Waals surface area (Å²) in [7, 11) is -4.09. The predicted octanol–water partition coefficient (Wildman–Crippen LogP) is 5.60. The minimum Gasteiger partial charge on any atom is -0.478 e. The molecule has 5 rings (SSSR count). The van der Waals surface area contributed by atoms with E-state index in [-0.39, 0.29) is 64.6 Å². The zero-order valence-electron chi connectivity index (χ0n) is 20.7. The number of aromatic nitrogens is 1. The first-order valence-corrected chi connectivity index (χ1v) is 12.9. The fraction of sp³-hybridized carbons (Fsp3) is 0.154. The second kappa shape index (κ2) is 13.3. The van der Waals surface area contributed by atoms with E-state index in [0.717, 1.165) is 12.1 Å². The maximum Gasteiger partial charge on any atom is 0.336 e. The lowest BCUT2D eigenvalue weighted by Crippen LogP contribution is -2.47. The molecule has 1 aliphatic heterocycles. The monoisotopic (exact) mass is 632 g/mol. The number of piperazine rings is 1. The molecule has 1 aromatic heterocycles. The van der Waals surface area contributed by atoms with Gasteiger partial charge in [0.1, 0.15) is 17.5 Å². The molecule has 0 amide bonds. The van der Waals surface area contributed by atoms with Gasteiger partial charge in [-0.05, 0) is 54.6 Å². The van der Waals surface area contributed by atoms with E-state index in [9.17, 15) is 27.1 Å². The van der Waals surface area contributed by atoms with Crippen molar-refractivity contribution in [2.45, 2.75) is 4.90 Å². The summed E-state index contributed by atoms with van der Waals surface area (Å²) in [6.45, 7) is 2.09. The number of nitrogens with zero attached hydrogens (tertiary/aromatic N) is 3. The minimum absolute atomic E-state index is 0.